The summed E-state index contributed by atoms with van der Waals surface area (Å²) in [5.74, 6) is -0.262. The minimum atomic E-state index is -0.262. The molecule has 4 heterocycles. The number of anilines is 3. The van der Waals surface area contributed by atoms with Gasteiger partial charge in [-0.2, -0.15) is 0 Å². The normalized spacial score (nSPS) is 15.0. The van der Waals surface area contributed by atoms with E-state index in [1.54, 1.807) is 38.5 Å². The highest BCUT2D eigenvalue weighted by molar-refractivity contribution is 7.13. The Morgan fingerprint density at radius 1 is 0.769 bits per heavy atom. The Morgan fingerprint density at radius 2 is 1.35 bits per heavy atom. The maximum absolute atomic E-state index is 13.4. The van der Waals surface area contributed by atoms with Gasteiger partial charge in [0.1, 0.15) is 12.4 Å². The highest BCUT2D eigenvalue weighted by Crippen LogP contribution is 2.26. The summed E-state index contributed by atoms with van der Waals surface area (Å²) in [6, 6.07) is 24.0. The monoisotopic (exact) mass is 741 g/mol. The summed E-state index contributed by atoms with van der Waals surface area (Å²) in [6.07, 6.45) is 7.13. The fourth-order valence-electron chi connectivity index (χ4n) is 6.39. The number of nitrogens with one attached hydrogen (secondary N) is 1. The predicted octanol–water partition coefficient (Wildman–Crippen LogP) is 8.46. The Labute approximate surface area is 312 Å². The summed E-state index contributed by atoms with van der Waals surface area (Å²) in [4.78, 5) is 41.7. The molecule has 0 unspecified atom stereocenters. The van der Waals surface area contributed by atoms with Crippen molar-refractivity contribution in [3.8, 4) is 11.1 Å². The van der Waals surface area contributed by atoms with Crippen LogP contribution in [0.1, 0.15) is 31.2 Å². The van der Waals surface area contributed by atoms with Crippen LogP contribution in [0.15, 0.2) is 102 Å². The molecular formula is C39H44FN7O3S2. The molecule has 272 valence electrons. The summed E-state index contributed by atoms with van der Waals surface area (Å²) in [5.41, 5.74) is 3.45. The summed E-state index contributed by atoms with van der Waals surface area (Å²) in [5, 5.41) is 9.06. The van der Waals surface area contributed by atoms with Crippen LogP contribution < -0.4 is 15.1 Å². The highest BCUT2D eigenvalue weighted by atomic mass is 32.1. The fourth-order valence-corrected chi connectivity index (χ4v) is 7.79. The minimum Gasteiger partial charge on any atom is -0.445 e. The first-order valence-electron chi connectivity index (χ1n) is 17.5. The number of hydrogen-bond acceptors (Lipinski definition) is 9. The molecule has 0 aliphatic carbocycles. The van der Waals surface area contributed by atoms with Crippen molar-refractivity contribution in [1.82, 2.24) is 19.8 Å². The van der Waals surface area contributed by atoms with Crippen molar-refractivity contribution >= 4 is 50.7 Å². The van der Waals surface area contributed by atoms with Crippen molar-refractivity contribution in [2.45, 2.75) is 44.4 Å². The van der Waals surface area contributed by atoms with Crippen molar-refractivity contribution in [2.24, 2.45) is 0 Å². The van der Waals surface area contributed by atoms with Gasteiger partial charge in [-0.05, 0) is 66.6 Å². The molecule has 1 N–H and O–H groups in total. The number of urea groups is 1. The van der Waals surface area contributed by atoms with Gasteiger partial charge >= 0.3 is 12.1 Å². The van der Waals surface area contributed by atoms with Crippen LogP contribution in [0.4, 0.5) is 29.9 Å². The summed E-state index contributed by atoms with van der Waals surface area (Å²) >= 11 is 3.31. The number of halogens is 1. The van der Waals surface area contributed by atoms with Gasteiger partial charge in [0.15, 0.2) is 10.3 Å². The van der Waals surface area contributed by atoms with E-state index in [9.17, 15) is 14.0 Å². The number of rotatable bonds is 8. The number of benzene rings is 3. The molecule has 2 fully saturated rings. The molecule has 0 saturated carbocycles. The second kappa shape index (κ2) is 18.0. The SMILES string of the molecule is CN(C(=O)Nc1ccc(-c2cccc(F)c2)cc1)C1CCN(c2nccs2)CC1.CN(C(=O)OCc1ccccc1)C1CCN(c2nccs2)CC1. The molecule has 2 aliphatic rings. The predicted molar refractivity (Wildman–Crippen MR) is 208 cm³/mol. The van der Waals surface area contributed by atoms with Crippen LogP contribution in [0, 0.1) is 5.82 Å². The highest BCUT2D eigenvalue weighted by Gasteiger charge is 2.28. The van der Waals surface area contributed by atoms with E-state index in [1.807, 2.05) is 97.9 Å². The summed E-state index contributed by atoms with van der Waals surface area (Å²) in [6.45, 7) is 3.97. The average molecular weight is 742 g/mol. The van der Waals surface area contributed by atoms with Gasteiger partial charge in [0, 0.05) is 81.2 Å². The number of carbonyl (C=O) groups excluding carboxylic acids is 2. The number of carbonyl (C=O) groups is 2. The first kappa shape index (κ1) is 36.8. The molecule has 13 heteroatoms. The summed E-state index contributed by atoms with van der Waals surface area (Å²) in [7, 11) is 3.68. The van der Waals surface area contributed by atoms with Gasteiger partial charge in [-0.1, -0.05) is 54.6 Å². The van der Waals surface area contributed by atoms with Gasteiger partial charge in [0.2, 0.25) is 0 Å². The maximum Gasteiger partial charge on any atom is 0.410 e. The van der Waals surface area contributed by atoms with Crippen molar-refractivity contribution in [1.29, 1.82) is 0 Å². The zero-order valence-electron chi connectivity index (χ0n) is 29.4. The van der Waals surface area contributed by atoms with Gasteiger partial charge in [-0.15, -0.1) is 22.7 Å². The molecule has 0 bridgehead atoms. The first-order valence-corrected chi connectivity index (χ1v) is 19.2. The average Bonchev–Trinajstić information content (AvgIpc) is 3.94. The van der Waals surface area contributed by atoms with Crippen LogP contribution in [0.5, 0.6) is 0 Å². The van der Waals surface area contributed by atoms with E-state index in [0.29, 0.717) is 6.61 Å². The fraction of sp³-hybridized carbons (Fsp3) is 0.333. The first-order chi connectivity index (χ1) is 25.3. The molecule has 0 atom stereocenters. The minimum absolute atomic E-state index is 0.115. The van der Waals surface area contributed by atoms with E-state index in [-0.39, 0.29) is 30.0 Å². The third-order valence-electron chi connectivity index (χ3n) is 9.51. The smallest absolute Gasteiger partial charge is 0.410 e. The Morgan fingerprint density at radius 3 is 1.88 bits per heavy atom. The Hall–Kier alpha value is -5.01. The second-order valence-electron chi connectivity index (χ2n) is 12.8. The van der Waals surface area contributed by atoms with E-state index >= 15 is 0 Å². The van der Waals surface area contributed by atoms with Gasteiger partial charge < -0.3 is 29.7 Å². The topological polar surface area (TPSA) is 94.1 Å². The second-order valence-corrected chi connectivity index (χ2v) is 14.6. The van der Waals surface area contributed by atoms with E-state index < -0.39 is 0 Å². The zero-order chi connectivity index (χ0) is 36.3. The lowest BCUT2D eigenvalue weighted by Gasteiger charge is -2.36. The molecule has 7 rings (SSSR count). The molecule has 2 aromatic heterocycles. The summed E-state index contributed by atoms with van der Waals surface area (Å²) < 4.78 is 18.8. The van der Waals surface area contributed by atoms with Gasteiger partial charge in [-0.25, -0.2) is 23.9 Å². The number of nitrogens with zero attached hydrogens (tertiary/aromatic N) is 6. The Balaban J connectivity index is 0.000000183. The van der Waals surface area contributed by atoms with Crippen LogP contribution >= 0.6 is 22.7 Å². The number of ether oxygens (including phenoxy) is 1. The van der Waals surface area contributed by atoms with E-state index in [0.717, 1.165) is 84.5 Å². The van der Waals surface area contributed by atoms with Crippen LogP contribution in [0.25, 0.3) is 11.1 Å². The maximum atomic E-state index is 13.4. The van der Waals surface area contributed by atoms with Crippen LogP contribution in [0.3, 0.4) is 0 Å². The largest absolute Gasteiger partial charge is 0.445 e. The van der Waals surface area contributed by atoms with Gasteiger partial charge in [0.25, 0.3) is 0 Å². The molecule has 0 radical (unpaired) electrons. The van der Waals surface area contributed by atoms with Crippen molar-refractivity contribution in [3.05, 3.63) is 113 Å². The Kier molecular flexibility index (Phi) is 12.7. The van der Waals surface area contributed by atoms with Crippen LogP contribution in [-0.4, -0.2) is 84.3 Å². The van der Waals surface area contributed by atoms with Gasteiger partial charge in [0.05, 0.1) is 0 Å². The molecule has 2 aliphatic heterocycles. The lowest BCUT2D eigenvalue weighted by molar-refractivity contribution is 0.0862. The van der Waals surface area contributed by atoms with Crippen molar-refractivity contribution in [3.63, 3.8) is 0 Å². The van der Waals surface area contributed by atoms with E-state index in [2.05, 4.69) is 25.1 Å². The lowest BCUT2D eigenvalue weighted by atomic mass is 10.0. The Bertz CT molecular complexity index is 1830. The van der Waals surface area contributed by atoms with E-state index in [4.69, 9.17) is 4.74 Å². The number of amides is 3. The van der Waals surface area contributed by atoms with Crippen LogP contribution in [-0.2, 0) is 11.3 Å². The molecule has 10 nitrogen and oxygen atoms in total. The lowest BCUT2D eigenvalue weighted by Crippen LogP contribution is -2.47. The molecule has 2 saturated heterocycles. The van der Waals surface area contributed by atoms with E-state index in [1.165, 1.54) is 12.1 Å². The third-order valence-corrected chi connectivity index (χ3v) is 11.2. The van der Waals surface area contributed by atoms with Gasteiger partial charge in [-0.3, -0.25) is 0 Å². The quantitative estimate of drug-likeness (QED) is 0.171. The van der Waals surface area contributed by atoms with Crippen molar-refractivity contribution < 1.29 is 18.7 Å². The molecule has 5 aromatic rings. The third kappa shape index (κ3) is 9.86. The molecule has 3 aromatic carbocycles. The number of thiazole rings is 2. The molecular weight excluding hydrogens is 698 g/mol. The van der Waals surface area contributed by atoms with Crippen LogP contribution in [0.2, 0.25) is 0 Å². The molecule has 3 amide bonds. The number of hydrogen-bond donors (Lipinski definition) is 1. The number of piperidine rings is 2. The molecule has 0 spiro atoms. The molecule has 52 heavy (non-hydrogen) atoms. The zero-order valence-corrected chi connectivity index (χ0v) is 31.1. The van der Waals surface area contributed by atoms with Crippen molar-refractivity contribution in [2.75, 3.05) is 55.4 Å². The standard InChI is InChI=1S/C22H23FN4OS.C17H21N3O2S/c1-26(20-9-12-27(13-10-20)22-24-11-14-29-22)21(28)25-19-7-5-16(6-8-19)17-3-2-4-18(23)15-17;1-19(17(21)22-13-14-5-3-2-4-6-14)15-7-10-20(11-8-15)16-18-9-12-23-16/h2-8,11,14-15,20H,9-10,12-13H2,1H3,(H,25,28);2-6,9,12,15H,7-8,10-11,13H2,1H3. The number of aromatic nitrogens is 2.